The third-order valence-corrected chi connectivity index (χ3v) is 2.91. The number of aromatic nitrogens is 1. The third-order valence-electron chi connectivity index (χ3n) is 2.61. The van der Waals surface area contributed by atoms with Crippen LogP contribution in [0.1, 0.15) is 11.3 Å². The minimum Gasteiger partial charge on any atom is -0.381 e. The number of nitrogens with two attached hydrogens (primary N) is 1. The van der Waals surface area contributed by atoms with Gasteiger partial charge in [-0.1, -0.05) is 16.8 Å². The molecule has 6 heteroatoms. The van der Waals surface area contributed by atoms with Gasteiger partial charge in [0.25, 0.3) is 0 Å². The van der Waals surface area contributed by atoms with Gasteiger partial charge in [0.05, 0.1) is 17.3 Å². The zero-order chi connectivity index (χ0) is 13.3. The van der Waals surface area contributed by atoms with Crippen molar-refractivity contribution in [3.05, 3.63) is 40.4 Å². The quantitative estimate of drug-likeness (QED) is 0.931. The van der Waals surface area contributed by atoms with E-state index < -0.39 is 0 Å². The first-order chi connectivity index (χ1) is 8.47. The number of hydrogen-bond acceptors (Lipinski definition) is 4. The second-order valence-corrected chi connectivity index (χ2v) is 4.53. The molecule has 4 nitrogen and oxygen atoms in total. The molecule has 2 aromatic rings. The number of rotatable bonds is 3. The van der Waals surface area contributed by atoms with Crippen molar-refractivity contribution in [1.29, 1.82) is 0 Å². The minimum absolute atomic E-state index is 0.293. The number of anilines is 2. The summed E-state index contributed by atoms with van der Waals surface area (Å²) in [6, 6.07) is 4.61. The summed E-state index contributed by atoms with van der Waals surface area (Å²) in [6.07, 6.45) is 0. The fourth-order valence-corrected chi connectivity index (χ4v) is 2.01. The number of aryl methyl sites for hydroxylation is 1. The van der Waals surface area contributed by atoms with Crippen molar-refractivity contribution in [3.63, 3.8) is 0 Å². The molecule has 0 aliphatic heterocycles. The van der Waals surface area contributed by atoms with E-state index in [-0.39, 0.29) is 5.82 Å². The van der Waals surface area contributed by atoms with Crippen LogP contribution in [0.15, 0.2) is 22.7 Å². The molecule has 0 amide bonds. The Hall–Kier alpha value is -1.75. The third kappa shape index (κ3) is 2.56. The van der Waals surface area contributed by atoms with E-state index in [2.05, 4.69) is 5.16 Å². The van der Waals surface area contributed by atoms with E-state index in [1.54, 1.807) is 31.0 Å². The van der Waals surface area contributed by atoms with Gasteiger partial charge in [-0.3, -0.25) is 0 Å². The summed E-state index contributed by atoms with van der Waals surface area (Å²) >= 11 is 6.09. The summed E-state index contributed by atoms with van der Waals surface area (Å²) in [5, 5.41) is 4.08. The Morgan fingerprint density at radius 3 is 2.78 bits per heavy atom. The normalized spacial score (nSPS) is 10.7. The van der Waals surface area contributed by atoms with Gasteiger partial charge in [0.2, 0.25) is 0 Å². The molecule has 0 aliphatic rings. The predicted octanol–water partition coefficient (Wildman–Crippen LogP) is 2.99. The molecule has 0 fully saturated rings. The molecule has 0 radical (unpaired) electrons. The number of benzene rings is 1. The van der Waals surface area contributed by atoms with E-state index >= 15 is 0 Å². The molecule has 1 heterocycles. The van der Waals surface area contributed by atoms with E-state index in [1.807, 2.05) is 0 Å². The fraction of sp³-hybridized carbons (Fsp3) is 0.250. The van der Waals surface area contributed by atoms with Crippen LogP contribution in [0.4, 0.5) is 15.9 Å². The smallest absolute Gasteiger partial charge is 0.167 e. The van der Waals surface area contributed by atoms with Gasteiger partial charge in [0.15, 0.2) is 11.6 Å². The van der Waals surface area contributed by atoms with E-state index in [4.69, 9.17) is 21.9 Å². The van der Waals surface area contributed by atoms with E-state index in [9.17, 15) is 4.39 Å². The average Bonchev–Trinajstić information content (AvgIpc) is 2.69. The van der Waals surface area contributed by atoms with Crippen molar-refractivity contribution in [2.24, 2.45) is 0 Å². The van der Waals surface area contributed by atoms with Crippen LogP contribution >= 0.6 is 11.6 Å². The lowest BCUT2D eigenvalue weighted by Crippen LogP contribution is -2.16. The van der Waals surface area contributed by atoms with Crippen LogP contribution in [0.2, 0.25) is 5.02 Å². The van der Waals surface area contributed by atoms with Crippen molar-refractivity contribution in [2.45, 2.75) is 13.5 Å². The Kier molecular flexibility index (Phi) is 3.43. The van der Waals surface area contributed by atoms with Crippen LogP contribution in [0.5, 0.6) is 0 Å². The van der Waals surface area contributed by atoms with Gasteiger partial charge < -0.3 is 15.2 Å². The first kappa shape index (κ1) is 12.7. The van der Waals surface area contributed by atoms with Gasteiger partial charge >= 0.3 is 0 Å². The summed E-state index contributed by atoms with van der Waals surface area (Å²) in [7, 11) is 1.79. The second-order valence-electron chi connectivity index (χ2n) is 4.13. The molecule has 0 saturated heterocycles. The summed E-state index contributed by atoms with van der Waals surface area (Å²) < 4.78 is 18.5. The molecular formula is C12H13ClFN3O. The van der Waals surface area contributed by atoms with E-state index in [1.165, 1.54) is 6.07 Å². The fourth-order valence-electron chi connectivity index (χ4n) is 1.65. The molecule has 0 aliphatic carbocycles. The van der Waals surface area contributed by atoms with Gasteiger partial charge in [-0.15, -0.1) is 0 Å². The SMILES string of the molecule is Cc1cc(Cl)c(N(C)Cc2cc(N)no2)cc1F. The predicted molar refractivity (Wildman–Crippen MR) is 69.2 cm³/mol. The lowest BCUT2D eigenvalue weighted by Gasteiger charge is -2.19. The lowest BCUT2D eigenvalue weighted by molar-refractivity contribution is 0.385. The molecule has 0 atom stereocenters. The highest BCUT2D eigenvalue weighted by molar-refractivity contribution is 6.33. The molecule has 0 saturated carbocycles. The largest absolute Gasteiger partial charge is 0.381 e. The standard InChI is InChI=1S/C12H13ClFN3O/c1-7-3-9(13)11(5-10(7)14)17(2)6-8-4-12(15)16-18-8/h3-5H,6H2,1-2H3,(H2,15,16). The van der Waals surface area contributed by atoms with Crippen molar-refractivity contribution in [3.8, 4) is 0 Å². The highest BCUT2D eigenvalue weighted by Gasteiger charge is 2.12. The molecule has 2 N–H and O–H groups in total. The molecule has 1 aromatic heterocycles. The number of halogens is 2. The van der Waals surface area contributed by atoms with Crippen molar-refractivity contribution < 1.29 is 8.91 Å². The topological polar surface area (TPSA) is 55.3 Å². The van der Waals surface area contributed by atoms with Crippen LogP contribution in [0.3, 0.4) is 0 Å². The summed E-state index contributed by atoms with van der Waals surface area (Å²) in [5.74, 6) is 0.616. The zero-order valence-corrected chi connectivity index (χ0v) is 10.8. The van der Waals surface area contributed by atoms with Crippen LogP contribution in [0.25, 0.3) is 0 Å². The van der Waals surface area contributed by atoms with Crippen molar-refractivity contribution in [1.82, 2.24) is 5.16 Å². The van der Waals surface area contributed by atoms with Crippen LogP contribution in [0, 0.1) is 12.7 Å². The Balaban J connectivity index is 2.23. The summed E-state index contributed by atoms with van der Waals surface area (Å²) in [5.41, 5.74) is 6.56. The van der Waals surface area contributed by atoms with Gasteiger partial charge in [0.1, 0.15) is 5.82 Å². The Labute approximate surface area is 109 Å². The molecule has 18 heavy (non-hydrogen) atoms. The van der Waals surface area contributed by atoms with Crippen molar-refractivity contribution in [2.75, 3.05) is 17.7 Å². The Morgan fingerprint density at radius 1 is 1.44 bits per heavy atom. The number of nitrogen functional groups attached to an aromatic ring is 1. The molecule has 0 spiro atoms. The molecule has 2 rings (SSSR count). The highest BCUT2D eigenvalue weighted by atomic mass is 35.5. The first-order valence-electron chi connectivity index (χ1n) is 5.35. The van der Waals surface area contributed by atoms with Gasteiger partial charge in [-0.25, -0.2) is 4.39 Å². The minimum atomic E-state index is -0.293. The summed E-state index contributed by atoms with van der Waals surface area (Å²) in [6.45, 7) is 2.08. The maximum Gasteiger partial charge on any atom is 0.167 e. The lowest BCUT2D eigenvalue weighted by atomic mass is 10.2. The maximum absolute atomic E-state index is 13.5. The van der Waals surface area contributed by atoms with Crippen molar-refractivity contribution >= 4 is 23.1 Å². The van der Waals surface area contributed by atoms with Gasteiger partial charge in [-0.05, 0) is 24.6 Å². The molecular weight excluding hydrogens is 257 g/mol. The van der Waals surface area contributed by atoms with Crippen LogP contribution in [-0.2, 0) is 6.54 Å². The Morgan fingerprint density at radius 2 is 2.17 bits per heavy atom. The van der Waals surface area contributed by atoms with E-state index in [0.29, 0.717) is 34.4 Å². The zero-order valence-electron chi connectivity index (χ0n) is 10.1. The molecule has 96 valence electrons. The highest BCUT2D eigenvalue weighted by Crippen LogP contribution is 2.29. The van der Waals surface area contributed by atoms with Gasteiger partial charge in [0, 0.05) is 13.1 Å². The molecule has 0 bridgehead atoms. The van der Waals surface area contributed by atoms with Crippen LogP contribution in [-0.4, -0.2) is 12.2 Å². The molecule has 1 aromatic carbocycles. The summed E-state index contributed by atoms with van der Waals surface area (Å²) in [4.78, 5) is 1.77. The number of nitrogens with zero attached hydrogens (tertiary/aromatic N) is 2. The average molecular weight is 270 g/mol. The number of hydrogen-bond donors (Lipinski definition) is 1. The maximum atomic E-state index is 13.5. The van der Waals surface area contributed by atoms with E-state index in [0.717, 1.165) is 0 Å². The second kappa shape index (κ2) is 4.86. The van der Waals surface area contributed by atoms with Gasteiger partial charge in [-0.2, -0.15) is 0 Å². The first-order valence-corrected chi connectivity index (χ1v) is 5.73. The Bertz CT molecular complexity index is 570. The molecule has 0 unspecified atom stereocenters. The monoisotopic (exact) mass is 269 g/mol. The van der Waals surface area contributed by atoms with Crippen LogP contribution < -0.4 is 10.6 Å².